The van der Waals surface area contributed by atoms with E-state index in [-0.39, 0.29) is 0 Å². The Bertz CT molecular complexity index is 335. The second-order valence-electron chi connectivity index (χ2n) is 4.76. The molecule has 1 fully saturated rings. The smallest absolute Gasteiger partial charge is 0.140 e. The first-order valence-electron chi connectivity index (χ1n) is 5.97. The molecule has 2 atom stereocenters. The first-order valence-corrected chi connectivity index (χ1v) is 5.97. The van der Waals surface area contributed by atoms with Gasteiger partial charge in [0.1, 0.15) is 12.2 Å². The van der Waals surface area contributed by atoms with Crippen LogP contribution < -0.4 is 5.73 Å². The predicted octanol–water partition coefficient (Wildman–Crippen LogP) is 0.374. The molecule has 16 heavy (non-hydrogen) atoms. The summed E-state index contributed by atoms with van der Waals surface area (Å²) < 4.78 is 1.85. The van der Waals surface area contributed by atoms with E-state index in [1.165, 1.54) is 12.8 Å². The van der Waals surface area contributed by atoms with Gasteiger partial charge >= 0.3 is 0 Å². The van der Waals surface area contributed by atoms with E-state index in [1.807, 2.05) is 11.7 Å². The number of aromatic nitrogens is 3. The Labute approximate surface area is 96.6 Å². The molecule has 1 saturated heterocycles. The minimum Gasteiger partial charge on any atom is -0.330 e. The van der Waals surface area contributed by atoms with Crippen LogP contribution in [0.5, 0.6) is 0 Å². The lowest BCUT2D eigenvalue weighted by Crippen LogP contribution is -2.43. The average Bonchev–Trinajstić information content (AvgIpc) is 2.68. The van der Waals surface area contributed by atoms with E-state index in [2.05, 4.69) is 21.9 Å². The van der Waals surface area contributed by atoms with Crippen LogP contribution in [0.4, 0.5) is 0 Å². The lowest BCUT2D eigenvalue weighted by atomic mass is 9.93. The van der Waals surface area contributed by atoms with E-state index in [0.29, 0.717) is 12.0 Å². The number of hydrogen-bond acceptors (Lipinski definition) is 4. The maximum Gasteiger partial charge on any atom is 0.140 e. The molecule has 0 bridgehead atoms. The molecule has 1 aromatic heterocycles. The number of hydrogen-bond donors (Lipinski definition) is 1. The molecule has 1 aromatic rings. The van der Waals surface area contributed by atoms with Gasteiger partial charge < -0.3 is 5.73 Å². The number of nitrogens with two attached hydrogens (primary N) is 1. The van der Waals surface area contributed by atoms with Crippen LogP contribution >= 0.6 is 0 Å². The molecule has 0 saturated carbocycles. The summed E-state index contributed by atoms with van der Waals surface area (Å²) in [4.78, 5) is 6.74. The van der Waals surface area contributed by atoms with Crippen molar-refractivity contribution in [3.05, 3.63) is 12.2 Å². The Kier molecular flexibility index (Phi) is 3.56. The molecule has 2 unspecified atom stereocenters. The molecule has 0 spiro atoms. The van der Waals surface area contributed by atoms with Crippen molar-refractivity contribution in [1.82, 2.24) is 19.7 Å². The van der Waals surface area contributed by atoms with Crippen molar-refractivity contribution in [3.8, 4) is 0 Å². The quantitative estimate of drug-likeness (QED) is 0.804. The number of rotatable bonds is 3. The Balaban J connectivity index is 1.99. The molecule has 2 rings (SSSR count). The van der Waals surface area contributed by atoms with Crippen LogP contribution in [-0.4, -0.2) is 38.8 Å². The van der Waals surface area contributed by atoms with Crippen molar-refractivity contribution in [2.75, 3.05) is 13.1 Å². The summed E-state index contributed by atoms with van der Waals surface area (Å²) >= 11 is 0. The van der Waals surface area contributed by atoms with Gasteiger partial charge in [-0.05, 0) is 32.2 Å². The number of nitrogens with zero attached hydrogens (tertiary/aromatic N) is 4. The van der Waals surface area contributed by atoms with Crippen molar-refractivity contribution in [2.45, 2.75) is 32.4 Å². The largest absolute Gasteiger partial charge is 0.330 e. The van der Waals surface area contributed by atoms with Gasteiger partial charge in [0, 0.05) is 19.6 Å². The second-order valence-corrected chi connectivity index (χ2v) is 4.76. The number of piperidine rings is 1. The maximum atomic E-state index is 5.75. The summed E-state index contributed by atoms with van der Waals surface area (Å²) in [5.74, 6) is 1.67. The van der Waals surface area contributed by atoms with Crippen LogP contribution in [0.2, 0.25) is 0 Å². The minimum atomic E-state index is 0.625. The van der Waals surface area contributed by atoms with Crippen molar-refractivity contribution < 1.29 is 0 Å². The van der Waals surface area contributed by atoms with Crippen LogP contribution in [0.15, 0.2) is 6.33 Å². The van der Waals surface area contributed by atoms with Crippen molar-refractivity contribution >= 4 is 0 Å². The van der Waals surface area contributed by atoms with E-state index < -0.39 is 0 Å². The summed E-state index contributed by atoms with van der Waals surface area (Å²) in [7, 11) is 1.94. The summed E-state index contributed by atoms with van der Waals surface area (Å²) in [5.41, 5.74) is 5.75. The standard InChI is InChI=1S/C11H21N5/c1-9-3-4-10(5-12)6-16(9)7-11-13-8-14-15(11)2/h8-10H,3-7,12H2,1-2H3. The van der Waals surface area contributed by atoms with Crippen LogP contribution in [0.1, 0.15) is 25.6 Å². The zero-order chi connectivity index (χ0) is 11.5. The van der Waals surface area contributed by atoms with Gasteiger partial charge in [-0.25, -0.2) is 4.98 Å². The molecular formula is C11H21N5. The number of likely N-dealkylation sites (tertiary alicyclic amines) is 1. The summed E-state index contributed by atoms with van der Waals surface area (Å²) in [5, 5.41) is 4.10. The fraction of sp³-hybridized carbons (Fsp3) is 0.818. The van der Waals surface area contributed by atoms with Crippen LogP contribution in [0.3, 0.4) is 0 Å². The molecule has 1 aliphatic heterocycles. The Morgan fingerprint density at radius 1 is 1.50 bits per heavy atom. The predicted molar refractivity (Wildman–Crippen MR) is 62.7 cm³/mol. The highest BCUT2D eigenvalue weighted by molar-refractivity contribution is 4.88. The molecule has 5 nitrogen and oxygen atoms in total. The van der Waals surface area contributed by atoms with Crippen LogP contribution in [-0.2, 0) is 13.6 Å². The van der Waals surface area contributed by atoms with Gasteiger partial charge in [0.15, 0.2) is 0 Å². The zero-order valence-electron chi connectivity index (χ0n) is 10.1. The van der Waals surface area contributed by atoms with E-state index in [9.17, 15) is 0 Å². The van der Waals surface area contributed by atoms with Gasteiger partial charge in [-0.15, -0.1) is 0 Å². The van der Waals surface area contributed by atoms with Crippen LogP contribution in [0, 0.1) is 5.92 Å². The molecule has 0 amide bonds. The van der Waals surface area contributed by atoms with Crippen molar-refractivity contribution in [1.29, 1.82) is 0 Å². The molecule has 1 aliphatic rings. The van der Waals surface area contributed by atoms with Gasteiger partial charge in [0.25, 0.3) is 0 Å². The van der Waals surface area contributed by atoms with Gasteiger partial charge in [-0.3, -0.25) is 9.58 Å². The summed E-state index contributed by atoms with van der Waals surface area (Å²) in [6, 6.07) is 0.625. The maximum absolute atomic E-state index is 5.75. The zero-order valence-corrected chi connectivity index (χ0v) is 10.1. The molecule has 90 valence electrons. The second kappa shape index (κ2) is 4.93. The Hall–Kier alpha value is -0.940. The topological polar surface area (TPSA) is 60.0 Å². The monoisotopic (exact) mass is 223 g/mol. The lowest BCUT2D eigenvalue weighted by molar-refractivity contribution is 0.109. The third kappa shape index (κ3) is 2.41. The molecule has 0 radical (unpaired) electrons. The van der Waals surface area contributed by atoms with Gasteiger partial charge in [-0.1, -0.05) is 0 Å². The fourth-order valence-electron chi connectivity index (χ4n) is 2.32. The normalized spacial score (nSPS) is 27.2. The minimum absolute atomic E-state index is 0.625. The highest BCUT2D eigenvalue weighted by atomic mass is 15.3. The first kappa shape index (κ1) is 11.5. The van der Waals surface area contributed by atoms with Crippen molar-refractivity contribution in [2.24, 2.45) is 18.7 Å². The van der Waals surface area contributed by atoms with Gasteiger partial charge in [-0.2, -0.15) is 5.10 Å². The summed E-state index contributed by atoms with van der Waals surface area (Å²) in [6.07, 6.45) is 4.11. The van der Waals surface area contributed by atoms with E-state index in [4.69, 9.17) is 5.73 Å². The molecule has 0 aliphatic carbocycles. The van der Waals surface area contributed by atoms with E-state index in [1.54, 1.807) is 6.33 Å². The SMILES string of the molecule is CC1CCC(CN)CN1Cc1ncnn1C. The molecule has 0 aromatic carbocycles. The average molecular weight is 223 g/mol. The van der Waals surface area contributed by atoms with E-state index in [0.717, 1.165) is 25.5 Å². The number of aryl methyl sites for hydroxylation is 1. The highest BCUT2D eigenvalue weighted by Gasteiger charge is 2.25. The molecule has 2 heterocycles. The van der Waals surface area contributed by atoms with Gasteiger partial charge in [0.05, 0.1) is 6.54 Å². The lowest BCUT2D eigenvalue weighted by Gasteiger charge is -2.37. The Morgan fingerprint density at radius 3 is 2.94 bits per heavy atom. The third-order valence-electron chi connectivity index (χ3n) is 3.59. The molecule has 5 heteroatoms. The fourth-order valence-corrected chi connectivity index (χ4v) is 2.32. The van der Waals surface area contributed by atoms with Crippen molar-refractivity contribution in [3.63, 3.8) is 0 Å². The van der Waals surface area contributed by atoms with E-state index >= 15 is 0 Å². The Morgan fingerprint density at radius 2 is 2.31 bits per heavy atom. The van der Waals surface area contributed by atoms with Gasteiger partial charge in [0.2, 0.25) is 0 Å². The third-order valence-corrected chi connectivity index (χ3v) is 3.59. The highest BCUT2D eigenvalue weighted by Crippen LogP contribution is 2.22. The summed E-state index contributed by atoms with van der Waals surface area (Å²) in [6.45, 7) is 5.05. The van der Waals surface area contributed by atoms with Crippen LogP contribution in [0.25, 0.3) is 0 Å². The molecule has 2 N–H and O–H groups in total. The first-order chi connectivity index (χ1) is 7.70. The molecular weight excluding hydrogens is 202 g/mol.